The standard InChI is InChI=1S/C26H31FN4O7S3/c1-31(10-11-38-2)23(32)19-7-5-17(13-20(19)27)18-6-8-21-22(14-18)39-25(30-21)26(40(34)35,15-16-3-4-16)24(33)29-9-12-41(28,36)37/h5-8,13-14,16H,3-4,9-12,15H2,1-2H3,(H,29,33)(H,34,35)(H2,28,36,37)/p-1. The number of carbonyl (C=O) groups is 2. The molecule has 15 heteroatoms. The van der Waals surface area contributed by atoms with Crippen LogP contribution in [0.1, 0.15) is 34.6 Å². The highest BCUT2D eigenvalue weighted by atomic mass is 32.2. The molecule has 0 bridgehead atoms. The summed E-state index contributed by atoms with van der Waals surface area (Å²) in [5.41, 5.74) is 1.47. The van der Waals surface area contributed by atoms with Crippen LogP contribution >= 0.6 is 11.3 Å². The molecule has 0 spiro atoms. The van der Waals surface area contributed by atoms with Crippen LogP contribution in [-0.4, -0.2) is 78.5 Å². The first-order valence-corrected chi connectivity index (χ1v) is 16.3. The summed E-state index contributed by atoms with van der Waals surface area (Å²) >= 11 is -1.89. The SMILES string of the molecule is COCCN(C)C(=O)c1ccc(-c2ccc3nc(C(CC4CC4)(C(=O)NCCS(N)(=O)=O)S(=O)[O-])sc3c2)cc1F. The summed E-state index contributed by atoms with van der Waals surface area (Å²) < 4.78 is 66.5. The van der Waals surface area contributed by atoms with Crippen LogP contribution in [0.3, 0.4) is 0 Å². The normalized spacial score (nSPS) is 15.8. The van der Waals surface area contributed by atoms with E-state index in [4.69, 9.17) is 9.88 Å². The number of thiazole rings is 1. The number of benzene rings is 2. The quantitative estimate of drug-likeness (QED) is 0.272. The number of ether oxygens (including phenoxy) is 1. The van der Waals surface area contributed by atoms with E-state index in [1.54, 1.807) is 31.3 Å². The first-order chi connectivity index (χ1) is 19.4. The molecule has 1 heterocycles. The Morgan fingerprint density at radius 2 is 1.95 bits per heavy atom. The van der Waals surface area contributed by atoms with Gasteiger partial charge in [-0.25, -0.2) is 22.9 Å². The van der Waals surface area contributed by atoms with Crippen LogP contribution in [0, 0.1) is 11.7 Å². The Labute approximate surface area is 243 Å². The summed E-state index contributed by atoms with van der Waals surface area (Å²) in [6, 6.07) is 9.33. The number of fused-ring (bicyclic) bond motifs is 1. The maximum absolute atomic E-state index is 15.0. The van der Waals surface area contributed by atoms with Crippen molar-refractivity contribution in [3.05, 3.63) is 52.8 Å². The van der Waals surface area contributed by atoms with E-state index in [-0.39, 0.29) is 29.5 Å². The van der Waals surface area contributed by atoms with Crippen molar-refractivity contribution in [1.29, 1.82) is 0 Å². The molecule has 4 rings (SSSR count). The second kappa shape index (κ2) is 12.6. The van der Waals surface area contributed by atoms with Crippen molar-refractivity contribution < 1.29 is 35.9 Å². The zero-order valence-corrected chi connectivity index (χ0v) is 24.9. The molecule has 0 saturated heterocycles. The summed E-state index contributed by atoms with van der Waals surface area (Å²) in [7, 11) is -0.797. The summed E-state index contributed by atoms with van der Waals surface area (Å²) in [6.07, 6.45) is 1.55. The maximum atomic E-state index is 15.0. The number of likely N-dealkylation sites (N-methyl/N-ethyl adjacent to an activating group) is 1. The molecule has 2 amide bonds. The van der Waals surface area contributed by atoms with Gasteiger partial charge in [-0.2, -0.15) is 0 Å². The predicted molar refractivity (Wildman–Crippen MR) is 153 cm³/mol. The number of hydrogen-bond donors (Lipinski definition) is 2. The lowest BCUT2D eigenvalue weighted by Crippen LogP contribution is -2.49. The number of carbonyl (C=O) groups excluding carboxylic acids is 2. The predicted octanol–water partition coefficient (Wildman–Crippen LogP) is 2.10. The van der Waals surface area contributed by atoms with Crippen LogP contribution in [0.2, 0.25) is 0 Å². The fourth-order valence-electron chi connectivity index (χ4n) is 4.35. The highest BCUT2D eigenvalue weighted by molar-refractivity contribution is 7.89. The second-order valence-electron chi connectivity index (χ2n) is 9.95. The van der Waals surface area contributed by atoms with Gasteiger partial charge in [0.05, 0.1) is 28.1 Å². The van der Waals surface area contributed by atoms with Gasteiger partial charge in [-0.15, -0.1) is 11.3 Å². The van der Waals surface area contributed by atoms with Gasteiger partial charge in [-0.05, 0) is 58.8 Å². The molecule has 3 aromatic rings. The number of sulfonamides is 1. The van der Waals surface area contributed by atoms with Crippen molar-refractivity contribution in [2.75, 3.05) is 39.6 Å². The molecule has 2 unspecified atom stereocenters. The third-order valence-corrected chi connectivity index (χ3v) is 10.0. The number of primary sulfonamides is 1. The third kappa shape index (κ3) is 7.16. The maximum Gasteiger partial charge on any atom is 0.256 e. The Morgan fingerprint density at radius 1 is 1.27 bits per heavy atom. The minimum absolute atomic E-state index is 0.0104. The van der Waals surface area contributed by atoms with E-state index < -0.39 is 49.2 Å². The van der Waals surface area contributed by atoms with Crippen LogP contribution in [0.25, 0.3) is 21.3 Å². The fourth-order valence-corrected chi connectivity index (χ4v) is 6.95. The van der Waals surface area contributed by atoms with Gasteiger partial charge in [-0.3, -0.25) is 13.8 Å². The van der Waals surface area contributed by atoms with Gasteiger partial charge in [0.2, 0.25) is 15.9 Å². The van der Waals surface area contributed by atoms with Crippen LogP contribution in [0.4, 0.5) is 4.39 Å². The summed E-state index contributed by atoms with van der Waals surface area (Å²) in [6.45, 7) is 0.280. The van der Waals surface area contributed by atoms with Crippen molar-refractivity contribution >= 4 is 54.5 Å². The molecule has 1 saturated carbocycles. The van der Waals surface area contributed by atoms with Gasteiger partial charge in [0, 0.05) is 27.2 Å². The lowest BCUT2D eigenvalue weighted by atomic mass is 10.0. The number of aromatic nitrogens is 1. The third-order valence-electron chi connectivity index (χ3n) is 6.84. The van der Waals surface area contributed by atoms with E-state index >= 15 is 0 Å². The number of nitrogens with two attached hydrogens (primary N) is 1. The monoisotopic (exact) mass is 625 g/mol. The molecular formula is C26H30FN4O7S3-. The second-order valence-corrected chi connectivity index (χ2v) is 13.9. The molecule has 1 fully saturated rings. The lowest BCUT2D eigenvalue weighted by molar-refractivity contribution is -0.124. The van der Waals surface area contributed by atoms with E-state index in [9.17, 15) is 31.2 Å². The van der Waals surface area contributed by atoms with Gasteiger partial charge < -0.3 is 19.5 Å². The van der Waals surface area contributed by atoms with Crippen molar-refractivity contribution in [2.45, 2.75) is 24.0 Å². The highest BCUT2D eigenvalue weighted by Crippen LogP contribution is 2.46. The minimum Gasteiger partial charge on any atom is -0.771 e. The molecule has 1 aliphatic carbocycles. The van der Waals surface area contributed by atoms with Crippen molar-refractivity contribution in [3.8, 4) is 11.1 Å². The van der Waals surface area contributed by atoms with Crippen LogP contribution in [0.5, 0.6) is 0 Å². The Morgan fingerprint density at radius 3 is 2.56 bits per heavy atom. The van der Waals surface area contributed by atoms with Gasteiger partial charge >= 0.3 is 0 Å². The molecule has 3 N–H and O–H groups in total. The van der Waals surface area contributed by atoms with Crippen LogP contribution in [-0.2, 0) is 35.4 Å². The van der Waals surface area contributed by atoms with E-state index in [0.29, 0.717) is 34.5 Å². The number of halogens is 1. The van der Waals surface area contributed by atoms with Crippen molar-refractivity contribution in [1.82, 2.24) is 15.2 Å². The first-order valence-electron chi connectivity index (χ1n) is 12.7. The average Bonchev–Trinajstić information content (AvgIpc) is 3.63. The van der Waals surface area contributed by atoms with Gasteiger partial charge in [0.15, 0.2) is 4.75 Å². The topological polar surface area (TPSA) is 172 Å². The van der Waals surface area contributed by atoms with Crippen LogP contribution < -0.4 is 10.5 Å². The molecule has 0 radical (unpaired) electrons. The van der Waals surface area contributed by atoms with E-state index in [1.807, 2.05) is 0 Å². The summed E-state index contributed by atoms with van der Waals surface area (Å²) in [5, 5.41) is 7.48. The van der Waals surface area contributed by atoms with E-state index in [0.717, 1.165) is 24.2 Å². The largest absolute Gasteiger partial charge is 0.771 e. The lowest BCUT2D eigenvalue weighted by Gasteiger charge is -2.32. The Hall–Kier alpha value is -2.82. The van der Waals surface area contributed by atoms with E-state index in [2.05, 4.69) is 10.3 Å². The number of nitrogens with zero attached hydrogens (tertiary/aromatic N) is 2. The van der Waals surface area contributed by atoms with E-state index in [1.165, 1.54) is 24.1 Å². The molecule has 0 aliphatic heterocycles. The molecule has 41 heavy (non-hydrogen) atoms. The molecule has 11 nitrogen and oxygen atoms in total. The Bertz CT molecular complexity index is 1590. The molecule has 2 atom stereocenters. The first kappa shape index (κ1) is 31.1. The summed E-state index contributed by atoms with van der Waals surface area (Å²) in [4.78, 5) is 31.8. The zero-order valence-electron chi connectivity index (χ0n) is 22.4. The minimum atomic E-state index is -3.87. The van der Waals surface area contributed by atoms with Crippen molar-refractivity contribution in [2.24, 2.45) is 11.1 Å². The molecular weight excluding hydrogens is 596 g/mol. The van der Waals surface area contributed by atoms with Crippen LogP contribution in [0.15, 0.2) is 36.4 Å². The molecule has 222 valence electrons. The van der Waals surface area contributed by atoms with Crippen molar-refractivity contribution in [3.63, 3.8) is 0 Å². The fraction of sp³-hybridized carbons (Fsp3) is 0.423. The number of rotatable bonds is 13. The smallest absolute Gasteiger partial charge is 0.256 e. The number of methoxy groups -OCH3 is 1. The Balaban J connectivity index is 1.66. The summed E-state index contributed by atoms with van der Waals surface area (Å²) in [5.74, 6) is -2.57. The number of nitrogens with one attached hydrogen (secondary N) is 1. The average molecular weight is 626 g/mol. The highest BCUT2D eigenvalue weighted by Gasteiger charge is 2.48. The number of hydrogen-bond acceptors (Lipinski definition) is 9. The van der Waals surface area contributed by atoms with Gasteiger partial charge in [0.25, 0.3) is 5.91 Å². The van der Waals surface area contributed by atoms with Gasteiger partial charge in [-0.1, -0.05) is 25.0 Å². The molecule has 1 aliphatic rings. The molecule has 1 aromatic heterocycles. The zero-order chi connectivity index (χ0) is 29.9. The van der Waals surface area contributed by atoms with Gasteiger partial charge in [0.1, 0.15) is 10.8 Å². The molecule has 2 aromatic carbocycles. The Kier molecular flexibility index (Phi) is 9.56. The number of amides is 2.